The van der Waals surface area contributed by atoms with Crippen molar-refractivity contribution in [2.24, 2.45) is 11.3 Å². The van der Waals surface area contributed by atoms with Crippen molar-refractivity contribution in [3.8, 4) is 0 Å². The van der Waals surface area contributed by atoms with Gasteiger partial charge in [-0.1, -0.05) is 32.3 Å². The van der Waals surface area contributed by atoms with Crippen molar-refractivity contribution < 1.29 is 8.78 Å². The molecule has 0 amide bonds. The van der Waals surface area contributed by atoms with Gasteiger partial charge in [0.25, 0.3) is 0 Å². The molecule has 1 atom stereocenters. The van der Waals surface area contributed by atoms with Gasteiger partial charge in [0.1, 0.15) is 0 Å². The monoisotopic (exact) mass is 268 g/mol. The second-order valence-corrected chi connectivity index (χ2v) is 5.89. The number of nitrogens with two attached hydrogens (primary N) is 1. The van der Waals surface area contributed by atoms with Crippen LogP contribution in [-0.4, -0.2) is 6.04 Å². The molecule has 106 valence electrons. The Morgan fingerprint density at radius 2 is 1.89 bits per heavy atom. The van der Waals surface area contributed by atoms with Crippen LogP contribution < -0.4 is 11.3 Å². The molecule has 0 bridgehead atoms. The van der Waals surface area contributed by atoms with Gasteiger partial charge < -0.3 is 0 Å². The Balaban J connectivity index is 2.11. The Morgan fingerprint density at radius 1 is 1.21 bits per heavy atom. The van der Waals surface area contributed by atoms with E-state index in [1.165, 1.54) is 31.4 Å². The van der Waals surface area contributed by atoms with Crippen LogP contribution in [0, 0.1) is 17.0 Å². The van der Waals surface area contributed by atoms with Gasteiger partial charge in [0.2, 0.25) is 0 Å². The third-order valence-corrected chi connectivity index (χ3v) is 4.46. The van der Waals surface area contributed by atoms with E-state index in [-0.39, 0.29) is 11.5 Å². The zero-order valence-corrected chi connectivity index (χ0v) is 11.4. The highest BCUT2D eigenvalue weighted by Gasteiger charge is 2.34. The number of hydrogen-bond acceptors (Lipinski definition) is 2. The molecule has 19 heavy (non-hydrogen) atoms. The first-order valence-electron chi connectivity index (χ1n) is 6.95. The molecular weight excluding hydrogens is 246 g/mol. The summed E-state index contributed by atoms with van der Waals surface area (Å²) in [6, 6.07) is 4.18. The quantitative estimate of drug-likeness (QED) is 0.649. The van der Waals surface area contributed by atoms with Gasteiger partial charge in [-0.2, -0.15) is 0 Å². The van der Waals surface area contributed by atoms with Crippen molar-refractivity contribution in [3.05, 3.63) is 35.4 Å². The lowest BCUT2D eigenvalue weighted by Crippen LogP contribution is -2.49. The van der Waals surface area contributed by atoms with Gasteiger partial charge in [-0.3, -0.25) is 11.3 Å². The molecule has 0 spiro atoms. The number of rotatable bonds is 4. The van der Waals surface area contributed by atoms with Crippen molar-refractivity contribution in [1.82, 2.24) is 5.43 Å². The largest absolute Gasteiger partial charge is 0.271 e. The van der Waals surface area contributed by atoms with Crippen molar-refractivity contribution in [2.45, 2.75) is 51.5 Å². The number of hydrazine groups is 1. The number of hydrogen-bond donors (Lipinski definition) is 2. The molecule has 0 aromatic heterocycles. The maximum absolute atomic E-state index is 13.2. The summed E-state index contributed by atoms with van der Waals surface area (Å²) in [6.07, 6.45) is 6.60. The normalized spacial score (nSPS) is 20.2. The lowest BCUT2D eigenvalue weighted by Gasteiger charge is -2.40. The first-order chi connectivity index (χ1) is 9.05. The van der Waals surface area contributed by atoms with E-state index in [0.717, 1.165) is 18.4 Å². The maximum Gasteiger partial charge on any atom is 0.159 e. The van der Waals surface area contributed by atoms with Crippen LogP contribution in [0.3, 0.4) is 0 Å². The van der Waals surface area contributed by atoms with Crippen molar-refractivity contribution in [3.63, 3.8) is 0 Å². The minimum Gasteiger partial charge on any atom is -0.271 e. The minimum absolute atomic E-state index is 0.0951. The van der Waals surface area contributed by atoms with Crippen LogP contribution >= 0.6 is 0 Å². The van der Waals surface area contributed by atoms with E-state index in [2.05, 4.69) is 12.3 Å². The third kappa shape index (κ3) is 3.31. The number of benzene rings is 1. The fourth-order valence-corrected chi connectivity index (χ4v) is 3.12. The Morgan fingerprint density at radius 3 is 2.47 bits per heavy atom. The van der Waals surface area contributed by atoms with E-state index < -0.39 is 11.6 Å². The van der Waals surface area contributed by atoms with Crippen molar-refractivity contribution in [2.75, 3.05) is 0 Å². The fourth-order valence-electron chi connectivity index (χ4n) is 3.12. The molecule has 3 N–H and O–H groups in total. The van der Waals surface area contributed by atoms with Crippen LogP contribution in [0.1, 0.15) is 44.6 Å². The number of halogens is 2. The summed E-state index contributed by atoms with van der Waals surface area (Å²) in [7, 11) is 0. The van der Waals surface area contributed by atoms with Crippen LogP contribution in [0.25, 0.3) is 0 Å². The van der Waals surface area contributed by atoms with E-state index in [9.17, 15) is 8.78 Å². The predicted octanol–water partition coefficient (Wildman–Crippen LogP) is 3.31. The summed E-state index contributed by atoms with van der Waals surface area (Å²) in [4.78, 5) is 0. The second kappa shape index (κ2) is 5.97. The van der Waals surface area contributed by atoms with Crippen LogP contribution in [0.5, 0.6) is 0 Å². The Bertz CT molecular complexity index is 428. The average molecular weight is 268 g/mol. The molecule has 2 rings (SSSR count). The summed E-state index contributed by atoms with van der Waals surface area (Å²) in [6.45, 7) is 2.23. The molecule has 0 aliphatic heterocycles. The molecule has 0 radical (unpaired) electrons. The number of nitrogens with one attached hydrogen (secondary N) is 1. The fraction of sp³-hybridized carbons (Fsp3) is 0.600. The van der Waals surface area contributed by atoms with Crippen LogP contribution in [0.4, 0.5) is 8.78 Å². The predicted molar refractivity (Wildman–Crippen MR) is 72.4 cm³/mol. The van der Waals surface area contributed by atoms with Gasteiger partial charge in [-0.25, -0.2) is 8.78 Å². The van der Waals surface area contributed by atoms with Crippen molar-refractivity contribution >= 4 is 0 Å². The van der Waals surface area contributed by atoms with Gasteiger partial charge in [0.15, 0.2) is 11.6 Å². The average Bonchev–Trinajstić information content (AvgIpc) is 2.40. The van der Waals surface area contributed by atoms with E-state index in [0.29, 0.717) is 6.42 Å². The summed E-state index contributed by atoms with van der Waals surface area (Å²) in [5, 5.41) is 0. The molecule has 1 aromatic rings. The molecule has 1 saturated carbocycles. The molecule has 0 saturated heterocycles. The Kier molecular flexibility index (Phi) is 4.53. The van der Waals surface area contributed by atoms with Crippen molar-refractivity contribution in [1.29, 1.82) is 0 Å². The second-order valence-electron chi connectivity index (χ2n) is 5.89. The lowest BCUT2D eigenvalue weighted by molar-refractivity contribution is 0.144. The molecule has 0 heterocycles. The highest BCUT2D eigenvalue weighted by Crippen LogP contribution is 2.39. The van der Waals surface area contributed by atoms with E-state index in [1.807, 2.05) is 0 Å². The molecule has 1 fully saturated rings. The summed E-state index contributed by atoms with van der Waals surface area (Å²) in [5.74, 6) is 4.10. The summed E-state index contributed by atoms with van der Waals surface area (Å²) in [5.41, 5.74) is 3.80. The zero-order chi connectivity index (χ0) is 13.9. The third-order valence-electron chi connectivity index (χ3n) is 4.46. The first-order valence-corrected chi connectivity index (χ1v) is 6.95. The lowest BCUT2D eigenvalue weighted by atomic mass is 9.69. The van der Waals surface area contributed by atoms with Gasteiger partial charge in [0.05, 0.1) is 0 Å². The minimum atomic E-state index is -0.801. The summed E-state index contributed by atoms with van der Waals surface area (Å²) >= 11 is 0. The Hall–Kier alpha value is -1.00. The van der Waals surface area contributed by atoms with Gasteiger partial charge in [-0.05, 0) is 42.4 Å². The molecule has 4 heteroatoms. The molecule has 2 nitrogen and oxygen atoms in total. The Labute approximate surface area is 113 Å². The van der Waals surface area contributed by atoms with E-state index in [4.69, 9.17) is 5.84 Å². The molecule has 1 aliphatic carbocycles. The highest BCUT2D eigenvalue weighted by molar-refractivity contribution is 5.19. The van der Waals surface area contributed by atoms with Crippen LogP contribution in [0.15, 0.2) is 18.2 Å². The maximum atomic E-state index is 13.2. The van der Waals surface area contributed by atoms with Gasteiger partial charge >= 0.3 is 0 Å². The molecular formula is C15H22F2N2. The smallest absolute Gasteiger partial charge is 0.159 e. The zero-order valence-electron chi connectivity index (χ0n) is 11.4. The molecule has 1 aromatic carbocycles. The SMILES string of the molecule is CC1(C(Cc2ccc(F)c(F)c2)NN)CCCCC1. The van der Waals surface area contributed by atoms with Crippen LogP contribution in [0.2, 0.25) is 0 Å². The van der Waals surface area contributed by atoms with E-state index >= 15 is 0 Å². The van der Waals surface area contributed by atoms with E-state index in [1.54, 1.807) is 6.07 Å². The van der Waals surface area contributed by atoms with Gasteiger partial charge in [0, 0.05) is 6.04 Å². The molecule has 1 aliphatic rings. The highest BCUT2D eigenvalue weighted by atomic mass is 19.2. The molecule has 1 unspecified atom stereocenters. The topological polar surface area (TPSA) is 38.0 Å². The van der Waals surface area contributed by atoms with Crippen LogP contribution in [-0.2, 0) is 6.42 Å². The van der Waals surface area contributed by atoms with Gasteiger partial charge in [-0.15, -0.1) is 0 Å². The first kappa shape index (κ1) is 14.4. The summed E-state index contributed by atoms with van der Waals surface area (Å²) < 4.78 is 26.2. The standard InChI is InChI=1S/C15H22F2N2/c1-15(7-3-2-4-8-15)14(19-18)10-11-5-6-12(16)13(17)9-11/h5-6,9,14,19H,2-4,7-8,10,18H2,1H3.